The first-order valence-corrected chi connectivity index (χ1v) is 4.75. The van der Waals surface area contributed by atoms with Crippen LogP contribution in [-0.2, 0) is 4.79 Å². The van der Waals surface area contributed by atoms with Crippen molar-refractivity contribution in [3.05, 3.63) is 0 Å². The molecule has 2 N–H and O–H groups in total. The molecule has 1 aliphatic rings. The molecular formula is C9H18N2O2. The largest absolute Gasteiger partial charge is 0.480 e. The van der Waals surface area contributed by atoms with E-state index in [0.29, 0.717) is 12.0 Å². The highest BCUT2D eigenvalue weighted by Gasteiger charge is 2.27. The molecule has 0 amide bonds. The van der Waals surface area contributed by atoms with E-state index >= 15 is 0 Å². The monoisotopic (exact) mass is 186 g/mol. The van der Waals surface area contributed by atoms with Gasteiger partial charge in [-0.25, -0.2) is 0 Å². The Labute approximate surface area is 78.9 Å². The molecule has 0 aromatic rings. The van der Waals surface area contributed by atoms with Crippen molar-refractivity contribution in [1.29, 1.82) is 0 Å². The predicted molar refractivity (Wildman–Crippen MR) is 50.7 cm³/mol. The van der Waals surface area contributed by atoms with Gasteiger partial charge in [-0.05, 0) is 5.92 Å². The lowest BCUT2D eigenvalue weighted by Crippen LogP contribution is -2.52. The zero-order valence-corrected chi connectivity index (χ0v) is 8.29. The van der Waals surface area contributed by atoms with Crippen LogP contribution in [0.5, 0.6) is 0 Å². The van der Waals surface area contributed by atoms with Crippen LogP contribution in [0.1, 0.15) is 13.8 Å². The molecule has 0 radical (unpaired) electrons. The maximum absolute atomic E-state index is 10.3. The highest BCUT2D eigenvalue weighted by Crippen LogP contribution is 2.13. The van der Waals surface area contributed by atoms with E-state index in [1.165, 1.54) is 0 Å². The summed E-state index contributed by atoms with van der Waals surface area (Å²) >= 11 is 0. The van der Waals surface area contributed by atoms with Crippen LogP contribution in [0.4, 0.5) is 0 Å². The van der Waals surface area contributed by atoms with E-state index in [2.05, 4.69) is 19.2 Å². The third-order valence-corrected chi connectivity index (χ3v) is 2.21. The van der Waals surface area contributed by atoms with Gasteiger partial charge >= 0.3 is 5.97 Å². The van der Waals surface area contributed by atoms with Crippen molar-refractivity contribution in [1.82, 2.24) is 10.2 Å². The van der Waals surface area contributed by atoms with Gasteiger partial charge in [0.05, 0.1) is 6.54 Å². The zero-order chi connectivity index (χ0) is 9.84. The molecule has 0 spiro atoms. The topological polar surface area (TPSA) is 52.6 Å². The van der Waals surface area contributed by atoms with Gasteiger partial charge in [-0.15, -0.1) is 0 Å². The minimum Gasteiger partial charge on any atom is -0.480 e. The van der Waals surface area contributed by atoms with Crippen LogP contribution in [0.25, 0.3) is 0 Å². The summed E-state index contributed by atoms with van der Waals surface area (Å²) in [5.74, 6) is -0.0861. The summed E-state index contributed by atoms with van der Waals surface area (Å²) in [5.41, 5.74) is 0. The van der Waals surface area contributed by atoms with Crippen molar-refractivity contribution in [3.63, 3.8) is 0 Å². The second-order valence-electron chi connectivity index (χ2n) is 4.02. The number of hydrogen-bond donors (Lipinski definition) is 2. The zero-order valence-electron chi connectivity index (χ0n) is 8.29. The normalized spacial score (nSPS) is 19.0. The Kier molecular flexibility index (Phi) is 3.69. The van der Waals surface area contributed by atoms with Crippen LogP contribution in [0.15, 0.2) is 0 Å². The van der Waals surface area contributed by atoms with Crippen LogP contribution < -0.4 is 5.32 Å². The van der Waals surface area contributed by atoms with Gasteiger partial charge < -0.3 is 10.4 Å². The fourth-order valence-corrected chi connectivity index (χ4v) is 1.53. The molecule has 0 aromatic heterocycles. The third-order valence-electron chi connectivity index (χ3n) is 2.21. The first-order valence-electron chi connectivity index (χ1n) is 4.75. The van der Waals surface area contributed by atoms with E-state index in [1.54, 1.807) is 0 Å². The molecule has 0 bridgehead atoms. The molecule has 1 fully saturated rings. The minimum absolute atomic E-state index is 0.193. The summed E-state index contributed by atoms with van der Waals surface area (Å²) in [4.78, 5) is 12.3. The lowest BCUT2D eigenvalue weighted by molar-refractivity contribution is -0.140. The van der Waals surface area contributed by atoms with Crippen molar-refractivity contribution in [2.24, 2.45) is 5.92 Å². The van der Waals surface area contributed by atoms with E-state index in [0.717, 1.165) is 19.6 Å². The molecule has 76 valence electrons. The van der Waals surface area contributed by atoms with Crippen LogP contribution in [-0.4, -0.2) is 48.2 Å². The van der Waals surface area contributed by atoms with Crippen molar-refractivity contribution in [3.8, 4) is 0 Å². The fraction of sp³-hybridized carbons (Fsp3) is 0.889. The highest BCUT2D eigenvalue weighted by molar-refractivity contribution is 5.69. The Morgan fingerprint density at radius 2 is 2.23 bits per heavy atom. The van der Waals surface area contributed by atoms with Crippen LogP contribution in [0.2, 0.25) is 0 Å². The lowest BCUT2D eigenvalue weighted by atomic mass is 10.00. The van der Waals surface area contributed by atoms with E-state index in [9.17, 15) is 4.79 Å². The lowest BCUT2D eigenvalue weighted by Gasteiger charge is -2.38. The number of hydrogen-bond acceptors (Lipinski definition) is 3. The number of carboxylic acid groups (broad SMARTS) is 1. The van der Waals surface area contributed by atoms with Crippen LogP contribution in [0.3, 0.4) is 0 Å². The highest BCUT2D eigenvalue weighted by atomic mass is 16.4. The number of likely N-dealkylation sites (tertiary alicyclic amines) is 1. The molecule has 1 rings (SSSR count). The summed E-state index contributed by atoms with van der Waals surface area (Å²) < 4.78 is 0. The Bertz CT molecular complexity index is 176. The number of carboxylic acids is 1. The van der Waals surface area contributed by atoms with Gasteiger partial charge in [0, 0.05) is 25.7 Å². The first-order chi connectivity index (χ1) is 6.08. The van der Waals surface area contributed by atoms with Crippen molar-refractivity contribution in [2.45, 2.75) is 19.9 Å². The standard InChI is InChI=1S/C9H18N2O2/c1-7(2)10-3-8-4-11(5-8)6-9(12)13/h7-8,10H,3-6H2,1-2H3,(H,12,13). The van der Waals surface area contributed by atoms with Gasteiger partial charge in [-0.2, -0.15) is 0 Å². The first kappa shape index (κ1) is 10.5. The molecule has 1 saturated heterocycles. The maximum Gasteiger partial charge on any atom is 0.317 e. The Morgan fingerprint density at radius 1 is 1.62 bits per heavy atom. The SMILES string of the molecule is CC(C)NCC1CN(CC(=O)O)C1. The van der Waals surface area contributed by atoms with Crippen molar-refractivity contribution >= 4 is 5.97 Å². The third kappa shape index (κ3) is 3.74. The van der Waals surface area contributed by atoms with Gasteiger partial charge in [0.1, 0.15) is 0 Å². The number of carbonyl (C=O) groups is 1. The fourth-order valence-electron chi connectivity index (χ4n) is 1.53. The summed E-state index contributed by atoms with van der Waals surface area (Å²) in [6.45, 7) is 7.28. The molecular weight excluding hydrogens is 168 g/mol. The van der Waals surface area contributed by atoms with E-state index in [4.69, 9.17) is 5.11 Å². The molecule has 1 aliphatic heterocycles. The average Bonchev–Trinajstić information content (AvgIpc) is 1.92. The summed E-state index contributed by atoms with van der Waals surface area (Å²) in [6.07, 6.45) is 0. The van der Waals surface area contributed by atoms with E-state index < -0.39 is 5.97 Å². The van der Waals surface area contributed by atoms with Gasteiger partial charge in [0.25, 0.3) is 0 Å². The summed E-state index contributed by atoms with van der Waals surface area (Å²) in [5, 5.41) is 11.8. The molecule has 0 unspecified atom stereocenters. The Hall–Kier alpha value is -0.610. The van der Waals surface area contributed by atoms with Crippen molar-refractivity contribution < 1.29 is 9.90 Å². The van der Waals surface area contributed by atoms with E-state index in [1.807, 2.05) is 4.90 Å². The predicted octanol–water partition coefficient (Wildman–Crippen LogP) is 0.000800. The Balaban J connectivity index is 2.02. The maximum atomic E-state index is 10.3. The second kappa shape index (κ2) is 4.58. The van der Waals surface area contributed by atoms with Crippen molar-refractivity contribution in [2.75, 3.05) is 26.2 Å². The molecule has 4 nitrogen and oxygen atoms in total. The minimum atomic E-state index is -0.727. The molecule has 4 heteroatoms. The van der Waals surface area contributed by atoms with E-state index in [-0.39, 0.29) is 6.54 Å². The number of aliphatic carboxylic acids is 1. The van der Waals surface area contributed by atoms with Gasteiger partial charge in [0.2, 0.25) is 0 Å². The number of nitrogens with one attached hydrogen (secondary N) is 1. The Morgan fingerprint density at radius 3 is 2.69 bits per heavy atom. The molecule has 13 heavy (non-hydrogen) atoms. The summed E-state index contributed by atoms with van der Waals surface area (Å²) in [7, 11) is 0. The average molecular weight is 186 g/mol. The van der Waals surface area contributed by atoms with Gasteiger partial charge in [0.15, 0.2) is 0 Å². The van der Waals surface area contributed by atoms with Crippen LogP contribution in [0, 0.1) is 5.92 Å². The molecule has 0 aromatic carbocycles. The van der Waals surface area contributed by atoms with Crippen LogP contribution >= 0.6 is 0 Å². The number of nitrogens with zero attached hydrogens (tertiary/aromatic N) is 1. The molecule has 0 atom stereocenters. The summed E-state index contributed by atoms with van der Waals surface area (Å²) in [6, 6.07) is 0.522. The number of rotatable bonds is 5. The van der Waals surface area contributed by atoms with Gasteiger partial charge in [-0.3, -0.25) is 9.69 Å². The van der Waals surface area contributed by atoms with Gasteiger partial charge in [-0.1, -0.05) is 13.8 Å². The smallest absolute Gasteiger partial charge is 0.317 e. The second-order valence-corrected chi connectivity index (χ2v) is 4.02. The molecule has 0 saturated carbocycles. The molecule has 0 aliphatic carbocycles. The quantitative estimate of drug-likeness (QED) is 0.634. The molecule has 1 heterocycles.